The molecular formula is C16H26FIN4O3. The monoisotopic (exact) mass is 468 g/mol. The predicted molar refractivity (Wildman–Crippen MR) is 106 cm³/mol. The van der Waals surface area contributed by atoms with E-state index in [1.807, 2.05) is 6.92 Å². The average Bonchev–Trinajstić information content (AvgIpc) is 2.55. The molecule has 0 heterocycles. The van der Waals surface area contributed by atoms with Crippen LogP contribution in [0.3, 0.4) is 0 Å². The lowest BCUT2D eigenvalue weighted by molar-refractivity contribution is -0.120. The molecule has 0 aromatic heterocycles. The zero-order valence-electron chi connectivity index (χ0n) is 14.7. The van der Waals surface area contributed by atoms with Gasteiger partial charge in [0.2, 0.25) is 5.91 Å². The molecule has 1 unspecified atom stereocenters. The normalized spacial score (nSPS) is 11.9. The van der Waals surface area contributed by atoms with Gasteiger partial charge < -0.3 is 25.4 Å². The van der Waals surface area contributed by atoms with Crippen molar-refractivity contribution in [3.8, 4) is 5.75 Å². The lowest BCUT2D eigenvalue weighted by atomic mass is 10.3. The standard InChI is InChI=1S/C16H25FN4O3.HI/c1-12(24-14-6-4-5-13(17)9-14)10-20-16(18-2)21-11-15(22)19-7-8-23-3;/h4-6,9,12H,7-8,10-11H2,1-3H3,(H,19,22)(H2,18,20,21);1H. The number of ether oxygens (including phenoxy) is 2. The van der Waals surface area contributed by atoms with Crippen LogP contribution < -0.4 is 20.7 Å². The van der Waals surface area contributed by atoms with Crippen molar-refractivity contribution in [1.82, 2.24) is 16.0 Å². The van der Waals surface area contributed by atoms with Gasteiger partial charge in [0.25, 0.3) is 0 Å². The summed E-state index contributed by atoms with van der Waals surface area (Å²) in [6.07, 6.45) is -0.208. The van der Waals surface area contributed by atoms with E-state index in [9.17, 15) is 9.18 Å². The van der Waals surface area contributed by atoms with Gasteiger partial charge in [-0.3, -0.25) is 9.79 Å². The van der Waals surface area contributed by atoms with Gasteiger partial charge in [0.15, 0.2) is 5.96 Å². The molecule has 0 spiro atoms. The summed E-state index contributed by atoms with van der Waals surface area (Å²) in [5, 5.41) is 8.63. The van der Waals surface area contributed by atoms with Crippen LogP contribution in [-0.2, 0) is 9.53 Å². The largest absolute Gasteiger partial charge is 0.489 e. The minimum absolute atomic E-state index is 0. The number of methoxy groups -OCH3 is 1. The molecule has 7 nitrogen and oxygen atoms in total. The molecule has 0 aliphatic heterocycles. The molecule has 0 aliphatic carbocycles. The van der Waals surface area contributed by atoms with Gasteiger partial charge >= 0.3 is 0 Å². The number of carbonyl (C=O) groups excluding carboxylic acids is 1. The fourth-order valence-electron chi connectivity index (χ4n) is 1.79. The minimum Gasteiger partial charge on any atom is -0.489 e. The first kappa shape index (κ1) is 23.4. The maximum absolute atomic E-state index is 13.1. The van der Waals surface area contributed by atoms with Crippen LogP contribution in [0, 0.1) is 5.82 Å². The van der Waals surface area contributed by atoms with E-state index in [1.54, 1.807) is 26.3 Å². The quantitative estimate of drug-likeness (QED) is 0.219. The van der Waals surface area contributed by atoms with Gasteiger partial charge in [-0.15, -0.1) is 24.0 Å². The molecule has 1 aromatic carbocycles. The number of hydrogen-bond acceptors (Lipinski definition) is 4. The van der Waals surface area contributed by atoms with E-state index >= 15 is 0 Å². The van der Waals surface area contributed by atoms with Gasteiger partial charge in [0.1, 0.15) is 17.7 Å². The number of aliphatic imine (C=N–C) groups is 1. The molecule has 0 bridgehead atoms. The number of guanidine groups is 1. The Morgan fingerprint density at radius 2 is 2.08 bits per heavy atom. The minimum atomic E-state index is -0.343. The third-order valence-corrected chi connectivity index (χ3v) is 2.96. The van der Waals surface area contributed by atoms with E-state index in [0.29, 0.717) is 31.4 Å². The Kier molecular flexibility index (Phi) is 12.8. The van der Waals surface area contributed by atoms with Crippen LogP contribution in [-0.4, -0.2) is 58.4 Å². The summed E-state index contributed by atoms with van der Waals surface area (Å²) in [7, 11) is 3.18. The van der Waals surface area contributed by atoms with E-state index in [0.717, 1.165) is 0 Å². The van der Waals surface area contributed by atoms with Gasteiger partial charge in [-0.2, -0.15) is 0 Å². The van der Waals surface area contributed by atoms with Crippen LogP contribution in [0.2, 0.25) is 0 Å². The smallest absolute Gasteiger partial charge is 0.239 e. The Morgan fingerprint density at radius 3 is 2.72 bits per heavy atom. The van der Waals surface area contributed by atoms with Crippen LogP contribution in [0.15, 0.2) is 29.3 Å². The van der Waals surface area contributed by atoms with Crippen LogP contribution in [0.4, 0.5) is 4.39 Å². The van der Waals surface area contributed by atoms with E-state index in [-0.39, 0.29) is 48.3 Å². The Hall–Kier alpha value is -1.62. The number of hydrogen-bond donors (Lipinski definition) is 3. The van der Waals surface area contributed by atoms with Gasteiger partial charge in [0.05, 0.1) is 19.7 Å². The molecule has 25 heavy (non-hydrogen) atoms. The highest BCUT2D eigenvalue weighted by atomic mass is 127. The van der Waals surface area contributed by atoms with E-state index < -0.39 is 0 Å². The first-order valence-electron chi connectivity index (χ1n) is 7.67. The van der Waals surface area contributed by atoms with Crippen molar-refractivity contribution in [2.75, 3.05) is 40.4 Å². The highest BCUT2D eigenvalue weighted by Crippen LogP contribution is 2.13. The summed E-state index contributed by atoms with van der Waals surface area (Å²) in [5.74, 6) is 0.444. The van der Waals surface area contributed by atoms with Crippen molar-refractivity contribution >= 4 is 35.8 Å². The summed E-state index contributed by atoms with van der Waals surface area (Å²) in [6, 6.07) is 5.97. The van der Waals surface area contributed by atoms with E-state index in [1.165, 1.54) is 12.1 Å². The molecule has 0 aliphatic rings. The third kappa shape index (κ3) is 10.8. The predicted octanol–water partition coefficient (Wildman–Crippen LogP) is 1.14. The van der Waals surface area contributed by atoms with Gasteiger partial charge in [0, 0.05) is 26.8 Å². The lowest BCUT2D eigenvalue weighted by Crippen LogP contribution is -2.45. The first-order chi connectivity index (χ1) is 11.5. The molecule has 1 amide bonds. The first-order valence-corrected chi connectivity index (χ1v) is 7.67. The van der Waals surface area contributed by atoms with Crippen molar-refractivity contribution in [2.45, 2.75) is 13.0 Å². The maximum Gasteiger partial charge on any atom is 0.239 e. The molecule has 142 valence electrons. The molecule has 1 aromatic rings. The van der Waals surface area contributed by atoms with Crippen molar-refractivity contribution < 1.29 is 18.7 Å². The van der Waals surface area contributed by atoms with Crippen LogP contribution >= 0.6 is 24.0 Å². The summed E-state index contributed by atoms with van der Waals surface area (Å²) in [5.41, 5.74) is 0. The molecular weight excluding hydrogens is 442 g/mol. The SMILES string of the molecule is CN=C(NCC(=O)NCCOC)NCC(C)Oc1cccc(F)c1.I. The number of rotatable bonds is 9. The topological polar surface area (TPSA) is 84.0 Å². The number of nitrogens with one attached hydrogen (secondary N) is 3. The zero-order valence-corrected chi connectivity index (χ0v) is 17.0. The Labute approximate surface area is 164 Å². The lowest BCUT2D eigenvalue weighted by Gasteiger charge is -2.17. The number of halogens is 2. The number of carbonyl (C=O) groups is 1. The molecule has 1 atom stereocenters. The van der Waals surface area contributed by atoms with Crippen molar-refractivity contribution in [3.05, 3.63) is 30.1 Å². The van der Waals surface area contributed by atoms with E-state index in [4.69, 9.17) is 9.47 Å². The molecule has 3 N–H and O–H groups in total. The maximum atomic E-state index is 13.1. The fraction of sp³-hybridized carbons (Fsp3) is 0.500. The fourth-order valence-corrected chi connectivity index (χ4v) is 1.79. The van der Waals surface area contributed by atoms with E-state index in [2.05, 4.69) is 20.9 Å². The van der Waals surface area contributed by atoms with Crippen LogP contribution in [0.1, 0.15) is 6.92 Å². The van der Waals surface area contributed by atoms with Crippen molar-refractivity contribution in [3.63, 3.8) is 0 Å². The molecule has 0 radical (unpaired) electrons. The second-order valence-electron chi connectivity index (χ2n) is 5.04. The molecule has 9 heteroatoms. The third-order valence-electron chi connectivity index (χ3n) is 2.96. The summed E-state index contributed by atoms with van der Waals surface area (Å²) >= 11 is 0. The van der Waals surface area contributed by atoms with Gasteiger partial charge in [-0.1, -0.05) is 6.07 Å². The van der Waals surface area contributed by atoms with Crippen molar-refractivity contribution in [2.24, 2.45) is 4.99 Å². The highest BCUT2D eigenvalue weighted by Gasteiger charge is 2.07. The second kappa shape index (κ2) is 13.6. The summed E-state index contributed by atoms with van der Waals surface area (Å²) in [6.45, 7) is 3.32. The highest BCUT2D eigenvalue weighted by molar-refractivity contribution is 14.0. The Balaban J connectivity index is 0.00000576. The average molecular weight is 468 g/mol. The molecule has 0 saturated carbocycles. The number of benzene rings is 1. The van der Waals surface area contributed by atoms with Crippen LogP contribution in [0.25, 0.3) is 0 Å². The number of amides is 1. The Bertz CT molecular complexity index is 546. The van der Waals surface area contributed by atoms with Gasteiger partial charge in [-0.05, 0) is 19.1 Å². The van der Waals surface area contributed by atoms with Gasteiger partial charge in [-0.25, -0.2) is 4.39 Å². The zero-order chi connectivity index (χ0) is 17.8. The Morgan fingerprint density at radius 1 is 1.32 bits per heavy atom. The molecule has 0 fully saturated rings. The van der Waals surface area contributed by atoms with Crippen LogP contribution in [0.5, 0.6) is 5.75 Å². The molecule has 0 saturated heterocycles. The van der Waals surface area contributed by atoms with Crippen molar-refractivity contribution in [1.29, 1.82) is 0 Å². The summed E-state index contributed by atoms with van der Waals surface area (Å²) < 4.78 is 23.6. The second-order valence-corrected chi connectivity index (χ2v) is 5.04. The number of nitrogens with zero attached hydrogens (tertiary/aromatic N) is 1. The summed E-state index contributed by atoms with van der Waals surface area (Å²) in [4.78, 5) is 15.6. The molecule has 1 rings (SSSR count).